The summed E-state index contributed by atoms with van der Waals surface area (Å²) in [4.78, 5) is 14.8. The molecule has 0 aromatic heterocycles. The van der Waals surface area contributed by atoms with E-state index < -0.39 is 10.0 Å². The number of benzene rings is 2. The van der Waals surface area contributed by atoms with Crippen LogP contribution in [0.1, 0.15) is 25.3 Å². The summed E-state index contributed by atoms with van der Waals surface area (Å²) in [6.45, 7) is 6.19. The van der Waals surface area contributed by atoms with Crippen molar-refractivity contribution < 1.29 is 17.9 Å². The molecule has 8 heteroatoms. The zero-order chi connectivity index (χ0) is 22.8. The Labute approximate surface area is 191 Å². The third-order valence-corrected chi connectivity index (χ3v) is 7.51. The first-order valence-electron chi connectivity index (χ1n) is 11.2. The highest BCUT2D eigenvalue weighted by atomic mass is 32.2. The molecule has 174 valence electrons. The zero-order valence-electron chi connectivity index (χ0n) is 18.7. The number of amides is 1. The maximum absolute atomic E-state index is 12.7. The summed E-state index contributed by atoms with van der Waals surface area (Å²) >= 11 is 0. The normalized spacial score (nSPS) is 14.8. The van der Waals surface area contributed by atoms with Crippen LogP contribution in [0.4, 0.5) is 5.69 Å². The quantitative estimate of drug-likeness (QED) is 0.523. The number of sulfonamides is 1. The summed E-state index contributed by atoms with van der Waals surface area (Å²) < 4.78 is 32.0. The number of rotatable bonds is 11. The van der Waals surface area contributed by atoms with Gasteiger partial charge in [-0.05, 0) is 49.6 Å². The molecule has 1 saturated heterocycles. The topological polar surface area (TPSA) is 79.0 Å². The van der Waals surface area contributed by atoms with E-state index in [2.05, 4.69) is 29.3 Å². The summed E-state index contributed by atoms with van der Waals surface area (Å²) in [6.07, 6.45) is 1.84. The van der Waals surface area contributed by atoms with Gasteiger partial charge in [0.05, 0.1) is 18.1 Å². The van der Waals surface area contributed by atoms with Gasteiger partial charge in [0.25, 0.3) is 0 Å². The monoisotopic (exact) mass is 459 g/mol. The van der Waals surface area contributed by atoms with Crippen LogP contribution in [-0.2, 0) is 26.0 Å². The van der Waals surface area contributed by atoms with Gasteiger partial charge < -0.3 is 15.0 Å². The summed E-state index contributed by atoms with van der Waals surface area (Å²) in [6, 6.07) is 17.1. The molecule has 0 aliphatic carbocycles. The molecule has 3 rings (SSSR count). The van der Waals surface area contributed by atoms with Gasteiger partial charge in [0, 0.05) is 44.8 Å². The lowest BCUT2D eigenvalue weighted by molar-refractivity contribution is -0.121. The Kier molecular flexibility index (Phi) is 9.08. The van der Waals surface area contributed by atoms with Crippen molar-refractivity contribution in [1.82, 2.24) is 9.62 Å². The number of nitrogens with one attached hydrogen (secondary N) is 1. The molecule has 0 radical (unpaired) electrons. The molecule has 1 N–H and O–H groups in total. The Morgan fingerprint density at radius 1 is 1.06 bits per heavy atom. The van der Waals surface area contributed by atoms with E-state index >= 15 is 0 Å². The lowest BCUT2D eigenvalue weighted by Gasteiger charge is -2.26. The van der Waals surface area contributed by atoms with Crippen molar-refractivity contribution in [3.63, 3.8) is 0 Å². The van der Waals surface area contributed by atoms with Gasteiger partial charge >= 0.3 is 0 Å². The number of morpholine rings is 1. The highest BCUT2D eigenvalue weighted by Crippen LogP contribution is 2.18. The molecule has 0 unspecified atom stereocenters. The molecule has 32 heavy (non-hydrogen) atoms. The SMILES string of the molecule is CCN(CCCNC(=O)CCc1ccc(S(=O)(=O)N2CCOCC2)cc1)c1ccccc1. The first kappa shape index (κ1) is 24.2. The predicted molar refractivity (Wildman–Crippen MR) is 126 cm³/mol. The molecule has 7 nitrogen and oxygen atoms in total. The molecular weight excluding hydrogens is 426 g/mol. The Bertz CT molecular complexity index is 943. The van der Waals surface area contributed by atoms with E-state index in [-0.39, 0.29) is 10.8 Å². The van der Waals surface area contributed by atoms with E-state index in [1.807, 2.05) is 18.2 Å². The molecule has 1 fully saturated rings. The smallest absolute Gasteiger partial charge is 0.243 e. The highest BCUT2D eigenvalue weighted by molar-refractivity contribution is 7.89. The standard InChI is InChI=1S/C24H33N3O4S/c1-2-26(22-7-4-3-5-8-22)16-6-15-25-24(28)14-11-21-9-12-23(13-10-21)32(29,30)27-17-19-31-20-18-27/h3-5,7-10,12-13H,2,6,11,14-20H2,1H3,(H,25,28). The van der Waals surface area contributed by atoms with Gasteiger partial charge in [-0.15, -0.1) is 0 Å². The minimum Gasteiger partial charge on any atom is -0.379 e. The van der Waals surface area contributed by atoms with Crippen LogP contribution in [0.2, 0.25) is 0 Å². The molecule has 1 aliphatic rings. The lowest BCUT2D eigenvalue weighted by Crippen LogP contribution is -2.40. The molecule has 0 saturated carbocycles. The van der Waals surface area contributed by atoms with Crippen LogP contribution < -0.4 is 10.2 Å². The lowest BCUT2D eigenvalue weighted by atomic mass is 10.1. The Morgan fingerprint density at radius 2 is 1.75 bits per heavy atom. The number of hydrogen-bond acceptors (Lipinski definition) is 5. The van der Waals surface area contributed by atoms with E-state index in [1.165, 1.54) is 9.99 Å². The first-order valence-corrected chi connectivity index (χ1v) is 12.7. The van der Waals surface area contributed by atoms with Crippen LogP contribution in [0.15, 0.2) is 59.5 Å². The summed E-state index contributed by atoms with van der Waals surface area (Å²) in [7, 11) is -3.48. The molecule has 2 aromatic rings. The number of aryl methyl sites for hydroxylation is 1. The minimum absolute atomic E-state index is 0.0118. The minimum atomic E-state index is -3.48. The highest BCUT2D eigenvalue weighted by Gasteiger charge is 2.26. The average Bonchev–Trinajstić information content (AvgIpc) is 2.84. The molecule has 1 aliphatic heterocycles. The predicted octanol–water partition coefficient (Wildman–Crippen LogP) is 2.67. The maximum Gasteiger partial charge on any atom is 0.243 e. The largest absolute Gasteiger partial charge is 0.379 e. The van der Waals surface area contributed by atoms with Crippen molar-refractivity contribution in [2.75, 3.05) is 50.8 Å². The van der Waals surface area contributed by atoms with Gasteiger partial charge in [0.2, 0.25) is 15.9 Å². The summed E-state index contributed by atoms with van der Waals surface area (Å²) in [5, 5.41) is 2.98. The second-order valence-electron chi connectivity index (χ2n) is 7.78. The summed E-state index contributed by atoms with van der Waals surface area (Å²) in [5.41, 5.74) is 2.14. The number of ether oxygens (including phenoxy) is 1. The van der Waals surface area contributed by atoms with Crippen LogP contribution in [0.5, 0.6) is 0 Å². The number of hydrogen-bond donors (Lipinski definition) is 1. The number of para-hydroxylation sites is 1. The van der Waals surface area contributed by atoms with Crippen molar-refractivity contribution in [3.8, 4) is 0 Å². The van der Waals surface area contributed by atoms with Gasteiger partial charge in [-0.3, -0.25) is 4.79 Å². The number of carbonyl (C=O) groups is 1. The van der Waals surface area contributed by atoms with Gasteiger partial charge in [-0.1, -0.05) is 30.3 Å². The Hall–Kier alpha value is -2.42. The van der Waals surface area contributed by atoms with Gasteiger partial charge in [-0.2, -0.15) is 4.31 Å². The van der Waals surface area contributed by atoms with Crippen molar-refractivity contribution in [2.24, 2.45) is 0 Å². The number of nitrogens with zero attached hydrogens (tertiary/aromatic N) is 2. The van der Waals surface area contributed by atoms with Gasteiger partial charge in [0.15, 0.2) is 0 Å². The first-order chi connectivity index (χ1) is 15.5. The van der Waals surface area contributed by atoms with E-state index in [4.69, 9.17) is 4.74 Å². The van der Waals surface area contributed by atoms with Crippen LogP contribution in [0.3, 0.4) is 0 Å². The fourth-order valence-corrected chi connectivity index (χ4v) is 5.12. The zero-order valence-corrected chi connectivity index (χ0v) is 19.5. The van der Waals surface area contributed by atoms with E-state index in [1.54, 1.807) is 24.3 Å². The van der Waals surface area contributed by atoms with Crippen LogP contribution in [0, 0.1) is 0 Å². The second kappa shape index (κ2) is 12.0. The van der Waals surface area contributed by atoms with Crippen LogP contribution in [0.25, 0.3) is 0 Å². The van der Waals surface area contributed by atoms with Crippen LogP contribution >= 0.6 is 0 Å². The average molecular weight is 460 g/mol. The van der Waals surface area contributed by atoms with E-state index in [0.29, 0.717) is 45.7 Å². The van der Waals surface area contributed by atoms with Crippen molar-refractivity contribution in [1.29, 1.82) is 0 Å². The number of anilines is 1. The molecule has 1 heterocycles. The second-order valence-corrected chi connectivity index (χ2v) is 9.72. The Balaban J connectivity index is 1.39. The van der Waals surface area contributed by atoms with E-state index in [0.717, 1.165) is 25.1 Å². The van der Waals surface area contributed by atoms with Crippen LogP contribution in [-0.4, -0.2) is 64.6 Å². The Morgan fingerprint density at radius 3 is 2.41 bits per heavy atom. The van der Waals surface area contributed by atoms with E-state index in [9.17, 15) is 13.2 Å². The molecule has 1 amide bonds. The molecular formula is C24H33N3O4S. The summed E-state index contributed by atoms with van der Waals surface area (Å²) in [5.74, 6) is 0.0118. The van der Waals surface area contributed by atoms with Gasteiger partial charge in [0.1, 0.15) is 0 Å². The fourth-order valence-electron chi connectivity index (χ4n) is 3.72. The van der Waals surface area contributed by atoms with Crippen molar-refractivity contribution in [3.05, 3.63) is 60.2 Å². The molecule has 2 aromatic carbocycles. The van der Waals surface area contributed by atoms with Gasteiger partial charge in [-0.25, -0.2) is 8.42 Å². The maximum atomic E-state index is 12.7. The fraction of sp³-hybridized carbons (Fsp3) is 0.458. The molecule has 0 atom stereocenters. The van der Waals surface area contributed by atoms with Crippen molar-refractivity contribution in [2.45, 2.75) is 31.1 Å². The molecule has 0 bridgehead atoms. The third-order valence-electron chi connectivity index (χ3n) is 5.60. The molecule has 0 spiro atoms. The third kappa shape index (κ3) is 6.79. The number of carbonyl (C=O) groups excluding carboxylic acids is 1. The van der Waals surface area contributed by atoms with Crippen molar-refractivity contribution >= 4 is 21.6 Å².